The Morgan fingerprint density at radius 3 is 2.58 bits per heavy atom. The van der Waals surface area contributed by atoms with Gasteiger partial charge in [-0.15, -0.1) is 0 Å². The predicted octanol–water partition coefficient (Wildman–Crippen LogP) is 2.14. The van der Waals surface area contributed by atoms with Gasteiger partial charge in [0.1, 0.15) is 0 Å². The van der Waals surface area contributed by atoms with E-state index in [4.69, 9.17) is 4.55 Å². The molecule has 1 atom stereocenters. The first kappa shape index (κ1) is 9.42. The molecule has 1 aromatic rings. The minimum Gasteiger partial charge on any atom is -0.302 e. The lowest BCUT2D eigenvalue weighted by Crippen LogP contribution is -1.98. The third-order valence-corrected chi connectivity index (χ3v) is 2.78. The molecule has 0 aliphatic heterocycles. The fourth-order valence-electron chi connectivity index (χ4n) is 1.24. The van der Waals surface area contributed by atoms with Crippen LogP contribution < -0.4 is 0 Å². The molecule has 1 rings (SSSR count). The summed E-state index contributed by atoms with van der Waals surface area (Å²) < 4.78 is 19.9. The summed E-state index contributed by atoms with van der Waals surface area (Å²) in [6.45, 7) is 3.83. The summed E-state index contributed by atoms with van der Waals surface area (Å²) in [6.07, 6.45) is 0.795. The van der Waals surface area contributed by atoms with E-state index in [9.17, 15) is 4.21 Å². The minimum atomic E-state index is -1.85. The molecule has 0 aliphatic carbocycles. The third-order valence-electron chi connectivity index (χ3n) is 1.85. The second-order valence-electron chi connectivity index (χ2n) is 2.67. The fraction of sp³-hybridized carbons (Fsp3) is 0.333. The van der Waals surface area contributed by atoms with E-state index in [1.165, 1.54) is 0 Å². The second kappa shape index (κ2) is 3.83. The molecule has 0 fully saturated rings. The van der Waals surface area contributed by atoms with Crippen LogP contribution in [0, 0.1) is 6.92 Å². The average molecular weight is 184 g/mol. The molecule has 3 heteroatoms. The van der Waals surface area contributed by atoms with Gasteiger partial charge < -0.3 is 4.55 Å². The highest BCUT2D eigenvalue weighted by Crippen LogP contribution is 2.17. The highest BCUT2D eigenvalue weighted by molar-refractivity contribution is 7.79. The molecular weight excluding hydrogens is 172 g/mol. The molecule has 1 aromatic carbocycles. The Morgan fingerprint density at radius 1 is 1.50 bits per heavy atom. The number of benzene rings is 1. The standard InChI is InChI=1S/C9H12O2S/c1-3-8-6-4-5-7(2)9(8)12(10)11/h4-6H,3H2,1-2H3,(H,10,11). The molecule has 0 bridgehead atoms. The van der Waals surface area contributed by atoms with E-state index in [-0.39, 0.29) is 0 Å². The smallest absolute Gasteiger partial charge is 0.187 e. The van der Waals surface area contributed by atoms with Gasteiger partial charge in [0.25, 0.3) is 0 Å². The highest BCUT2D eigenvalue weighted by Gasteiger charge is 2.08. The summed E-state index contributed by atoms with van der Waals surface area (Å²) in [5.74, 6) is 0. The van der Waals surface area contributed by atoms with Crippen molar-refractivity contribution in [3.8, 4) is 0 Å². The van der Waals surface area contributed by atoms with Gasteiger partial charge in [-0.2, -0.15) is 0 Å². The first-order valence-corrected chi connectivity index (χ1v) is 4.96. The largest absolute Gasteiger partial charge is 0.302 e. The van der Waals surface area contributed by atoms with E-state index in [0.29, 0.717) is 4.90 Å². The van der Waals surface area contributed by atoms with Gasteiger partial charge in [0.05, 0.1) is 4.90 Å². The number of rotatable bonds is 2. The molecule has 2 nitrogen and oxygen atoms in total. The van der Waals surface area contributed by atoms with Crippen molar-refractivity contribution >= 4 is 11.1 Å². The van der Waals surface area contributed by atoms with Crippen LogP contribution in [0.5, 0.6) is 0 Å². The Labute approximate surface area is 74.9 Å². The lowest BCUT2D eigenvalue weighted by Gasteiger charge is -2.05. The van der Waals surface area contributed by atoms with E-state index < -0.39 is 11.1 Å². The van der Waals surface area contributed by atoms with Crippen LogP contribution >= 0.6 is 0 Å². The molecule has 12 heavy (non-hydrogen) atoms. The van der Waals surface area contributed by atoms with Crippen molar-refractivity contribution in [2.75, 3.05) is 0 Å². The molecule has 0 aromatic heterocycles. The molecule has 0 heterocycles. The molecule has 0 saturated carbocycles. The van der Waals surface area contributed by atoms with Gasteiger partial charge in [-0.25, -0.2) is 4.21 Å². The molecule has 0 aliphatic rings. The molecule has 0 radical (unpaired) electrons. The van der Waals surface area contributed by atoms with Crippen LogP contribution in [0.3, 0.4) is 0 Å². The Bertz CT molecular complexity index is 307. The maximum Gasteiger partial charge on any atom is 0.187 e. The van der Waals surface area contributed by atoms with Gasteiger partial charge in [0, 0.05) is 0 Å². The first-order chi connectivity index (χ1) is 5.66. The van der Waals surface area contributed by atoms with E-state index in [1.807, 2.05) is 32.0 Å². The van der Waals surface area contributed by atoms with Gasteiger partial charge in [0.2, 0.25) is 0 Å². The maximum atomic E-state index is 10.9. The molecule has 0 amide bonds. The van der Waals surface area contributed by atoms with Crippen LogP contribution in [0.4, 0.5) is 0 Å². The second-order valence-corrected chi connectivity index (χ2v) is 3.57. The quantitative estimate of drug-likeness (QED) is 0.715. The van der Waals surface area contributed by atoms with E-state index in [1.54, 1.807) is 0 Å². The van der Waals surface area contributed by atoms with Crippen LogP contribution in [0.15, 0.2) is 23.1 Å². The molecule has 1 unspecified atom stereocenters. The summed E-state index contributed by atoms with van der Waals surface area (Å²) in [5, 5.41) is 0. The number of hydrogen-bond acceptors (Lipinski definition) is 1. The topological polar surface area (TPSA) is 37.3 Å². The monoisotopic (exact) mass is 184 g/mol. The highest BCUT2D eigenvalue weighted by atomic mass is 32.2. The lowest BCUT2D eigenvalue weighted by atomic mass is 10.1. The Hall–Kier alpha value is -0.670. The van der Waals surface area contributed by atoms with Crippen molar-refractivity contribution in [2.24, 2.45) is 0 Å². The van der Waals surface area contributed by atoms with Crippen molar-refractivity contribution in [1.82, 2.24) is 0 Å². The average Bonchev–Trinajstić information content (AvgIpc) is 2.03. The first-order valence-electron chi connectivity index (χ1n) is 3.86. The number of aryl methyl sites for hydroxylation is 2. The predicted molar refractivity (Wildman–Crippen MR) is 49.6 cm³/mol. The van der Waals surface area contributed by atoms with Crippen molar-refractivity contribution in [3.05, 3.63) is 29.3 Å². The maximum absolute atomic E-state index is 10.9. The number of hydrogen-bond donors (Lipinski definition) is 1. The zero-order valence-corrected chi connectivity index (χ0v) is 8.02. The summed E-state index contributed by atoms with van der Waals surface area (Å²) in [7, 11) is 0. The van der Waals surface area contributed by atoms with Crippen LogP contribution in [-0.4, -0.2) is 8.76 Å². The van der Waals surface area contributed by atoms with Crippen molar-refractivity contribution in [1.29, 1.82) is 0 Å². The minimum absolute atomic E-state index is 0.569. The molecular formula is C9H12O2S. The fourth-order valence-corrected chi connectivity index (χ4v) is 2.02. The van der Waals surface area contributed by atoms with Gasteiger partial charge >= 0.3 is 0 Å². The van der Waals surface area contributed by atoms with Crippen LogP contribution in [0.25, 0.3) is 0 Å². The van der Waals surface area contributed by atoms with Crippen molar-refractivity contribution in [3.63, 3.8) is 0 Å². The molecule has 66 valence electrons. The zero-order chi connectivity index (χ0) is 9.14. The van der Waals surface area contributed by atoms with Crippen molar-refractivity contribution < 1.29 is 8.76 Å². The lowest BCUT2D eigenvalue weighted by molar-refractivity contribution is 0.562. The van der Waals surface area contributed by atoms with E-state index in [0.717, 1.165) is 17.5 Å². The van der Waals surface area contributed by atoms with Gasteiger partial charge in [-0.05, 0) is 24.5 Å². The van der Waals surface area contributed by atoms with Gasteiger partial charge in [0.15, 0.2) is 11.1 Å². The SMILES string of the molecule is CCc1cccc(C)c1S(=O)O. The molecule has 1 N–H and O–H groups in total. The van der Waals surface area contributed by atoms with Gasteiger partial charge in [-0.1, -0.05) is 25.1 Å². The normalized spacial score (nSPS) is 12.9. The van der Waals surface area contributed by atoms with Gasteiger partial charge in [-0.3, -0.25) is 0 Å². The van der Waals surface area contributed by atoms with Crippen LogP contribution in [0.1, 0.15) is 18.1 Å². The third kappa shape index (κ3) is 1.73. The van der Waals surface area contributed by atoms with Crippen molar-refractivity contribution in [2.45, 2.75) is 25.2 Å². The molecule has 0 spiro atoms. The Kier molecular flexibility index (Phi) is 3.00. The summed E-state index contributed by atoms with van der Waals surface area (Å²) in [6, 6.07) is 5.64. The Morgan fingerprint density at radius 2 is 2.17 bits per heavy atom. The van der Waals surface area contributed by atoms with E-state index in [2.05, 4.69) is 0 Å². The summed E-state index contributed by atoms with van der Waals surface area (Å²) in [5.41, 5.74) is 1.84. The molecule has 0 saturated heterocycles. The zero-order valence-electron chi connectivity index (χ0n) is 7.20. The summed E-state index contributed by atoms with van der Waals surface area (Å²) >= 11 is -1.85. The van der Waals surface area contributed by atoms with E-state index >= 15 is 0 Å². The Balaban J connectivity index is 3.29. The van der Waals surface area contributed by atoms with Crippen LogP contribution in [0.2, 0.25) is 0 Å². The summed E-state index contributed by atoms with van der Waals surface area (Å²) in [4.78, 5) is 0.569. The van der Waals surface area contributed by atoms with Crippen LogP contribution in [-0.2, 0) is 17.5 Å².